The SMILES string of the molecule is CN(C)[C@@H]1C(=O)C(C(N)=O)=C(O)[C@@]2(O)C(=O)C3=C(O)c4c(O)ccc(-c5cc6ccccc6o5)c4C[C@@H]3C[C@H]12. The first-order valence-corrected chi connectivity index (χ1v) is 12.4. The van der Waals surface area contributed by atoms with Gasteiger partial charge in [-0.25, -0.2) is 0 Å². The van der Waals surface area contributed by atoms with Crippen LogP contribution in [0, 0.1) is 11.8 Å². The second kappa shape index (κ2) is 8.29. The van der Waals surface area contributed by atoms with E-state index in [0.717, 1.165) is 5.39 Å². The van der Waals surface area contributed by atoms with E-state index in [1.807, 2.05) is 30.3 Å². The second-order valence-corrected chi connectivity index (χ2v) is 10.6. The van der Waals surface area contributed by atoms with Gasteiger partial charge in [-0.2, -0.15) is 0 Å². The molecule has 1 heterocycles. The standard InChI is InChI=1S/C29H26N2O8/c1-31(2)23-16-10-13-9-15-14(19-11-12-5-3-4-6-18(12)39-19)7-8-17(32)21(15)24(33)20(13)26(35)29(16,38)27(36)22(25(23)34)28(30)37/h3-8,11,13,16,23,32-33,36,38H,9-10H2,1-2H3,(H2,30,37)/t13-,16-,23+,29+/m1/s1. The number of benzene rings is 2. The number of aromatic hydroxyl groups is 1. The minimum Gasteiger partial charge on any atom is -0.508 e. The maximum absolute atomic E-state index is 13.9. The summed E-state index contributed by atoms with van der Waals surface area (Å²) < 4.78 is 6.04. The third-order valence-corrected chi connectivity index (χ3v) is 8.30. The van der Waals surface area contributed by atoms with Gasteiger partial charge in [-0.15, -0.1) is 0 Å². The minimum atomic E-state index is -2.67. The molecule has 1 aromatic heterocycles. The monoisotopic (exact) mass is 530 g/mol. The fraction of sp³-hybridized carbons (Fsp3) is 0.276. The van der Waals surface area contributed by atoms with Gasteiger partial charge in [0.25, 0.3) is 5.91 Å². The third-order valence-electron chi connectivity index (χ3n) is 8.30. The number of para-hydroxylation sites is 1. The Morgan fingerprint density at radius 2 is 1.82 bits per heavy atom. The Morgan fingerprint density at radius 1 is 1.10 bits per heavy atom. The number of carbonyl (C=O) groups is 3. The van der Waals surface area contributed by atoms with Gasteiger partial charge in [0.15, 0.2) is 11.4 Å². The molecule has 0 bridgehead atoms. The van der Waals surface area contributed by atoms with Crippen LogP contribution in [-0.2, 0) is 20.8 Å². The molecular weight excluding hydrogens is 504 g/mol. The van der Waals surface area contributed by atoms with Gasteiger partial charge in [0, 0.05) is 22.4 Å². The van der Waals surface area contributed by atoms with Crippen LogP contribution in [0.25, 0.3) is 28.1 Å². The Labute approximate surface area is 222 Å². The minimum absolute atomic E-state index is 0.0149. The van der Waals surface area contributed by atoms with Crippen LogP contribution in [0.3, 0.4) is 0 Å². The van der Waals surface area contributed by atoms with Crippen LogP contribution >= 0.6 is 0 Å². The fourth-order valence-corrected chi connectivity index (χ4v) is 6.59. The molecule has 1 amide bonds. The van der Waals surface area contributed by atoms with Crippen molar-refractivity contribution >= 4 is 34.2 Å². The van der Waals surface area contributed by atoms with E-state index in [1.165, 1.54) is 11.0 Å². The highest BCUT2D eigenvalue weighted by molar-refractivity contribution is 6.24. The summed E-state index contributed by atoms with van der Waals surface area (Å²) in [5.41, 5.74) is 3.48. The number of hydrogen-bond acceptors (Lipinski definition) is 9. The molecule has 0 saturated heterocycles. The lowest BCUT2D eigenvalue weighted by atomic mass is 9.57. The molecule has 0 radical (unpaired) electrons. The molecule has 0 unspecified atom stereocenters. The van der Waals surface area contributed by atoms with E-state index in [2.05, 4.69) is 0 Å². The number of ketones is 2. The summed E-state index contributed by atoms with van der Waals surface area (Å²) in [6, 6.07) is 11.2. The van der Waals surface area contributed by atoms with Gasteiger partial charge in [-0.05, 0) is 62.7 Å². The lowest BCUT2D eigenvalue weighted by Gasteiger charge is -2.50. The first-order chi connectivity index (χ1) is 18.5. The van der Waals surface area contributed by atoms with Crippen molar-refractivity contribution in [2.45, 2.75) is 24.5 Å². The average Bonchev–Trinajstić information content (AvgIpc) is 3.30. The van der Waals surface area contributed by atoms with Crippen LogP contribution in [0.15, 0.2) is 63.8 Å². The van der Waals surface area contributed by atoms with Gasteiger partial charge in [-0.1, -0.05) is 18.2 Å². The number of carbonyl (C=O) groups excluding carboxylic acids is 3. The molecular formula is C29H26N2O8. The van der Waals surface area contributed by atoms with E-state index in [0.29, 0.717) is 22.5 Å². The highest BCUT2D eigenvalue weighted by Crippen LogP contribution is 2.53. The molecule has 1 saturated carbocycles. The van der Waals surface area contributed by atoms with Gasteiger partial charge in [0.1, 0.15) is 34.2 Å². The number of phenols is 1. The molecule has 3 aliphatic carbocycles. The topological polar surface area (TPSA) is 175 Å². The number of nitrogens with zero attached hydrogens (tertiary/aromatic N) is 1. The van der Waals surface area contributed by atoms with Crippen LogP contribution in [-0.4, -0.2) is 68.5 Å². The molecule has 10 heteroatoms. The number of hydrogen-bond donors (Lipinski definition) is 5. The predicted octanol–water partition coefficient (Wildman–Crippen LogP) is 2.38. The molecule has 3 aromatic rings. The lowest BCUT2D eigenvalue weighted by molar-refractivity contribution is -0.153. The number of furan rings is 1. The average molecular weight is 531 g/mol. The Hall–Kier alpha value is -4.41. The van der Waals surface area contributed by atoms with Crippen LogP contribution in [0.2, 0.25) is 0 Å². The van der Waals surface area contributed by atoms with Crippen molar-refractivity contribution in [3.8, 4) is 17.1 Å². The number of aliphatic hydroxyl groups is 3. The van der Waals surface area contributed by atoms with Crippen molar-refractivity contribution in [1.29, 1.82) is 0 Å². The van der Waals surface area contributed by atoms with Gasteiger partial charge in [0.05, 0.1) is 11.6 Å². The molecule has 4 atom stereocenters. The number of aliphatic hydroxyl groups excluding tert-OH is 2. The summed E-state index contributed by atoms with van der Waals surface area (Å²) in [6.45, 7) is 0. The molecule has 2 aromatic carbocycles. The van der Waals surface area contributed by atoms with Crippen molar-refractivity contribution in [2.24, 2.45) is 17.6 Å². The van der Waals surface area contributed by atoms with Crippen molar-refractivity contribution in [2.75, 3.05) is 14.1 Å². The summed E-state index contributed by atoms with van der Waals surface area (Å²) in [6.07, 6.45) is 0.191. The number of likely N-dealkylation sites (N-methyl/N-ethyl adjacent to an activating group) is 1. The number of rotatable bonds is 3. The first kappa shape index (κ1) is 24.9. The maximum Gasteiger partial charge on any atom is 0.255 e. The van der Waals surface area contributed by atoms with Crippen molar-refractivity contribution in [3.05, 3.63) is 70.5 Å². The highest BCUT2D eigenvalue weighted by atomic mass is 16.4. The quantitative estimate of drug-likeness (QED) is 0.318. The van der Waals surface area contributed by atoms with E-state index >= 15 is 0 Å². The molecule has 39 heavy (non-hydrogen) atoms. The van der Waals surface area contributed by atoms with Gasteiger partial charge in [-0.3, -0.25) is 19.3 Å². The van der Waals surface area contributed by atoms with E-state index in [-0.39, 0.29) is 29.7 Å². The molecule has 200 valence electrons. The molecule has 0 aliphatic heterocycles. The zero-order valence-corrected chi connectivity index (χ0v) is 21.1. The Kier molecular flexibility index (Phi) is 5.29. The smallest absolute Gasteiger partial charge is 0.255 e. The van der Waals surface area contributed by atoms with Crippen LogP contribution in [0.5, 0.6) is 5.75 Å². The van der Waals surface area contributed by atoms with Crippen LogP contribution < -0.4 is 5.73 Å². The van der Waals surface area contributed by atoms with E-state index in [1.54, 1.807) is 20.2 Å². The third kappa shape index (κ3) is 3.25. The van der Waals surface area contributed by atoms with Crippen molar-refractivity contribution < 1.29 is 39.2 Å². The predicted molar refractivity (Wildman–Crippen MR) is 139 cm³/mol. The normalized spacial score (nSPS) is 26.6. The molecule has 6 rings (SSSR count). The number of phenolic OH excluding ortho intramolecular Hbond substituents is 1. The van der Waals surface area contributed by atoms with E-state index < -0.39 is 58.0 Å². The maximum atomic E-state index is 13.9. The van der Waals surface area contributed by atoms with Crippen LogP contribution in [0.4, 0.5) is 0 Å². The largest absolute Gasteiger partial charge is 0.508 e. The number of fused-ring (bicyclic) bond motifs is 4. The van der Waals surface area contributed by atoms with Gasteiger partial charge >= 0.3 is 0 Å². The Morgan fingerprint density at radius 3 is 2.49 bits per heavy atom. The summed E-state index contributed by atoms with van der Waals surface area (Å²) in [4.78, 5) is 40.7. The van der Waals surface area contributed by atoms with Crippen LogP contribution in [0.1, 0.15) is 17.5 Å². The summed E-state index contributed by atoms with van der Waals surface area (Å²) >= 11 is 0. The number of amides is 1. The molecule has 6 N–H and O–H groups in total. The van der Waals surface area contributed by atoms with Gasteiger partial charge in [0.2, 0.25) is 5.78 Å². The first-order valence-electron chi connectivity index (χ1n) is 12.4. The summed E-state index contributed by atoms with van der Waals surface area (Å²) in [7, 11) is 3.12. The molecule has 0 spiro atoms. The van der Waals surface area contributed by atoms with Crippen molar-refractivity contribution in [3.63, 3.8) is 0 Å². The molecule has 3 aliphatic rings. The number of Topliss-reactive ketones (excluding diaryl/α,β-unsaturated/α-hetero) is 2. The summed E-state index contributed by atoms with van der Waals surface area (Å²) in [5.74, 6) is -6.34. The Bertz CT molecular complexity index is 1650. The zero-order valence-electron chi connectivity index (χ0n) is 21.1. The fourth-order valence-electron chi connectivity index (χ4n) is 6.59. The molecule has 10 nitrogen and oxygen atoms in total. The molecule has 1 fully saturated rings. The Balaban J connectivity index is 1.56. The lowest BCUT2D eigenvalue weighted by Crippen LogP contribution is -2.65. The van der Waals surface area contributed by atoms with E-state index in [9.17, 15) is 34.8 Å². The number of primary amides is 1. The van der Waals surface area contributed by atoms with Gasteiger partial charge < -0.3 is 30.6 Å². The second-order valence-electron chi connectivity index (χ2n) is 10.6. The zero-order chi connectivity index (χ0) is 28.0. The van der Waals surface area contributed by atoms with Crippen molar-refractivity contribution in [1.82, 2.24) is 4.90 Å². The summed E-state index contributed by atoms with van der Waals surface area (Å²) in [5, 5.41) is 45.7. The van der Waals surface area contributed by atoms with E-state index in [4.69, 9.17) is 10.2 Å². The number of nitrogens with two attached hydrogens (primary N) is 1. The highest BCUT2D eigenvalue weighted by Gasteiger charge is 2.64.